The summed E-state index contributed by atoms with van der Waals surface area (Å²) in [6.45, 7) is -0.834. The number of aliphatic hydroxyl groups is 1. The number of hydrogen-bond donors (Lipinski definition) is 3. The Morgan fingerprint density at radius 1 is 1.34 bits per heavy atom. The van der Waals surface area contributed by atoms with Crippen molar-refractivity contribution in [3.63, 3.8) is 0 Å². The van der Waals surface area contributed by atoms with E-state index in [0.29, 0.717) is 12.5 Å². The number of H-pyrrole nitrogens is 1. The maximum absolute atomic E-state index is 13.7. The number of fused-ring (bicyclic) bond motifs is 2. The van der Waals surface area contributed by atoms with Crippen LogP contribution in [-0.4, -0.2) is 65.5 Å². The molecule has 1 amide bonds. The minimum Gasteiger partial charge on any atom is -0.394 e. The molecule has 4 atom stereocenters. The molecule has 1 saturated carbocycles. The van der Waals surface area contributed by atoms with E-state index in [1.165, 1.54) is 24.1 Å². The molecule has 0 bridgehead atoms. The molecule has 1 aromatic carbocycles. The molecule has 5 nitrogen and oxygen atoms in total. The van der Waals surface area contributed by atoms with Crippen LogP contribution in [0.25, 0.3) is 16.5 Å². The van der Waals surface area contributed by atoms with Crippen molar-refractivity contribution in [3.8, 4) is 0 Å². The van der Waals surface area contributed by atoms with E-state index in [2.05, 4.69) is 10.3 Å². The largest absolute Gasteiger partial charge is 0.421 e. The van der Waals surface area contributed by atoms with Crippen LogP contribution in [0.4, 0.5) is 17.6 Å². The Balaban J connectivity index is 1.47. The number of aromatic nitrogens is 1. The van der Waals surface area contributed by atoms with E-state index >= 15 is 0 Å². The maximum atomic E-state index is 13.7. The molecule has 1 aromatic heterocycles. The van der Waals surface area contributed by atoms with Gasteiger partial charge in [0.25, 0.3) is 0 Å². The lowest BCUT2D eigenvalue weighted by molar-refractivity contribution is -0.191. The predicted molar refractivity (Wildman–Crippen MR) is 112 cm³/mol. The summed E-state index contributed by atoms with van der Waals surface area (Å²) in [5.41, 5.74) is 5.66. The van der Waals surface area contributed by atoms with Gasteiger partial charge in [-0.25, -0.2) is 4.39 Å². The smallest absolute Gasteiger partial charge is 0.394 e. The molecule has 0 saturated heterocycles. The summed E-state index contributed by atoms with van der Waals surface area (Å²) in [6, 6.07) is 4.04. The number of benzene rings is 1. The van der Waals surface area contributed by atoms with Crippen LogP contribution >= 0.6 is 0 Å². The number of aromatic amines is 1. The average molecular weight is 451 g/mol. The molecule has 0 spiro atoms. The minimum absolute atomic E-state index is 0.0585. The van der Waals surface area contributed by atoms with Crippen LogP contribution in [0.1, 0.15) is 35.6 Å². The highest BCUT2D eigenvalue weighted by molar-refractivity contribution is 6.00. The first-order valence-corrected chi connectivity index (χ1v) is 10.9. The summed E-state index contributed by atoms with van der Waals surface area (Å²) < 4.78 is 51.9. The topological polar surface area (TPSA) is 68.4 Å². The molecule has 172 valence electrons. The summed E-state index contributed by atoms with van der Waals surface area (Å²) in [5.74, 6) is -0.903. The molecule has 1 fully saturated rings. The van der Waals surface area contributed by atoms with Crippen molar-refractivity contribution in [3.05, 3.63) is 41.1 Å². The zero-order chi connectivity index (χ0) is 22.8. The van der Waals surface area contributed by atoms with Crippen molar-refractivity contribution in [2.75, 3.05) is 20.2 Å². The summed E-state index contributed by atoms with van der Waals surface area (Å²) >= 11 is 0. The quantitative estimate of drug-likeness (QED) is 0.612. The van der Waals surface area contributed by atoms with E-state index in [1.54, 1.807) is 6.08 Å². The van der Waals surface area contributed by atoms with Gasteiger partial charge in [-0.1, -0.05) is 18.2 Å². The van der Waals surface area contributed by atoms with Crippen molar-refractivity contribution in [1.29, 1.82) is 0 Å². The summed E-state index contributed by atoms with van der Waals surface area (Å²) in [6.07, 6.45) is -3.52. The Morgan fingerprint density at radius 2 is 2.09 bits per heavy atom. The zero-order valence-corrected chi connectivity index (χ0v) is 17.5. The molecule has 5 rings (SSSR count). The van der Waals surface area contributed by atoms with E-state index in [9.17, 15) is 27.5 Å². The third-order valence-electron chi connectivity index (χ3n) is 6.94. The lowest BCUT2D eigenvalue weighted by atomic mass is 9.79. The Hall–Kier alpha value is -2.39. The highest BCUT2D eigenvalue weighted by atomic mass is 19.4. The van der Waals surface area contributed by atoms with Crippen molar-refractivity contribution < 1.29 is 27.5 Å². The van der Waals surface area contributed by atoms with Crippen LogP contribution in [0, 0.1) is 5.92 Å². The molecule has 2 aromatic rings. The average Bonchev–Trinajstić information content (AvgIpc) is 3.53. The molecule has 2 aliphatic carbocycles. The second kappa shape index (κ2) is 7.59. The van der Waals surface area contributed by atoms with E-state index in [4.69, 9.17) is 0 Å². The molecule has 3 N–H and O–H groups in total. The number of carbonyl (C=O) groups is 1. The van der Waals surface area contributed by atoms with Gasteiger partial charge < -0.3 is 15.4 Å². The number of nitrogens with one attached hydrogen (secondary N) is 2. The van der Waals surface area contributed by atoms with Crippen molar-refractivity contribution in [2.24, 2.45) is 5.92 Å². The fourth-order valence-electron chi connectivity index (χ4n) is 5.18. The predicted octanol–water partition coefficient (Wildman–Crippen LogP) is 3.29. The van der Waals surface area contributed by atoms with Crippen LogP contribution in [0.3, 0.4) is 0 Å². The van der Waals surface area contributed by atoms with E-state index < -0.39 is 36.8 Å². The van der Waals surface area contributed by atoms with Gasteiger partial charge in [-0.2, -0.15) is 13.2 Å². The molecule has 1 aliphatic heterocycles. The van der Waals surface area contributed by atoms with Gasteiger partial charge in [0.15, 0.2) is 0 Å². The molecular formula is C23H25F4N3O2. The number of halogens is 4. The number of aliphatic hydroxyl groups excluding tert-OH is 1. The molecular weight excluding hydrogens is 426 g/mol. The molecule has 0 radical (unpaired) electrons. The first-order chi connectivity index (χ1) is 15.2. The number of amides is 1. The van der Waals surface area contributed by atoms with Gasteiger partial charge in [-0.05, 0) is 55.0 Å². The number of carbonyl (C=O) groups excluding carboxylic acids is 1. The van der Waals surface area contributed by atoms with Gasteiger partial charge >= 0.3 is 6.18 Å². The molecule has 32 heavy (non-hydrogen) atoms. The van der Waals surface area contributed by atoms with Gasteiger partial charge in [0.05, 0.1) is 18.6 Å². The standard InChI is InChI=1S/C23H25F4N3O2/c1-30-9-12(22(32)29-17(10-31)21(24)23(25,26)27)7-14-13-3-2-4-16-19(13)15(8-18(14)30)20(28-16)11-5-6-11/h2-4,7,11-12,17-18,21,28,31H,5-6,8-10H2,1H3,(H,29,32). The lowest BCUT2D eigenvalue weighted by Crippen LogP contribution is -2.53. The Bertz CT molecular complexity index is 1090. The van der Waals surface area contributed by atoms with Crippen molar-refractivity contribution in [2.45, 2.75) is 49.6 Å². The van der Waals surface area contributed by atoms with Crippen LogP contribution in [-0.2, 0) is 11.2 Å². The molecule has 9 heteroatoms. The zero-order valence-electron chi connectivity index (χ0n) is 17.5. The minimum atomic E-state index is -5.16. The van der Waals surface area contributed by atoms with Crippen LogP contribution in [0.15, 0.2) is 24.3 Å². The number of nitrogens with zero attached hydrogens (tertiary/aromatic N) is 1. The number of hydrogen-bond acceptors (Lipinski definition) is 3. The van der Waals surface area contributed by atoms with Gasteiger partial charge in [-0.3, -0.25) is 9.69 Å². The first kappa shape index (κ1) is 21.5. The number of alkyl halides is 4. The Morgan fingerprint density at radius 3 is 2.75 bits per heavy atom. The monoisotopic (exact) mass is 451 g/mol. The SMILES string of the molecule is CN1CC(C(=O)NC(CO)C(F)C(F)(F)F)C=C2c3cccc4[nH]c(C5CC5)c(c34)CC21. The van der Waals surface area contributed by atoms with E-state index in [0.717, 1.165) is 28.5 Å². The molecule has 3 aliphatic rings. The summed E-state index contributed by atoms with van der Waals surface area (Å²) in [7, 11) is 1.89. The highest BCUT2D eigenvalue weighted by Gasteiger charge is 2.46. The van der Waals surface area contributed by atoms with Gasteiger partial charge in [-0.15, -0.1) is 0 Å². The lowest BCUT2D eigenvalue weighted by Gasteiger charge is -2.40. The Labute approximate surface area is 182 Å². The summed E-state index contributed by atoms with van der Waals surface area (Å²) in [4.78, 5) is 18.4. The van der Waals surface area contributed by atoms with E-state index in [1.807, 2.05) is 30.1 Å². The van der Waals surface area contributed by atoms with Crippen LogP contribution < -0.4 is 5.32 Å². The van der Waals surface area contributed by atoms with Crippen molar-refractivity contribution >= 4 is 22.4 Å². The Kier molecular flexibility index (Phi) is 5.09. The third kappa shape index (κ3) is 3.51. The van der Waals surface area contributed by atoms with E-state index in [-0.39, 0.29) is 6.04 Å². The fraction of sp³-hybridized carbons (Fsp3) is 0.522. The number of rotatable bonds is 5. The third-order valence-corrected chi connectivity index (χ3v) is 6.94. The second-order valence-corrected chi connectivity index (χ2v) is 9.15. The normalized spacial score (nSPS) is 25.2. The first-order valence-electron chi connectivity index (χ1n) is 10.9. The molecule has 2 heterocycles. The molecule has 4 unspecified atom stereocenters. The van der Waals surface area contributed by atoms with Gasteiger partial charge in [0.1, 0.15) is 0 Å². The van der Waals surface area contributed by atoms with Gasteiger partial charge in [0, 0.05) is 29.2 Å². The summed E-state index contributed by atoms with van der Waals surface area (Å²) in [5, 5.41) is 12.4. The maximum Gasteiger partial charge on any atom is 0.421 e. The number of likely N-dealkylation sites (N-methyl/N-ethyl adjacent to an activating group) is 1. The fourth-order valence-corrected chi connectivity index (χ4v) is 5.18. The second-order valence-electron chi connectivity index (χ2n) is 9.15. The highest BCUT2D eigenvalue weighted by Crippen LogP contribution is 2.48. The van der Waals surface area contributed by atoms with Crippen LogP contribution in [0.5, 0.6) is 0 Å². The van der Waals surface area contributed by atoms with Crippen molar-refractivity contribution in [1.82, 2.24) is 15.2 Å². The van der Waals surface area contributed by atoms with Crippen LogP contribution in [0.2, 0.25) is 0 Å². The van der Waals surface area contributed by atoms with Gasteiger partial charge in [0.2, 0.25) is 12.1 Å².